The highest BCUT2D eigenvalue weighted by Crippen LogP contribution is 2.35. The number of nitrogens with zero attached hydrogens (tertiary/aromatic N) is 3. The van der Waals surface area contributed by atoms with Gasteiger partial charge >= 0.3 is 0 Å². The van der Waals surface area contributed by atoms with E-state index in [1.165, 1.54) is 6.26 Å². The number of fused-ring (bicyclic) bond motifs is 1. The molecule has 0 radical (unpaired) electrons. The fraction of sp³-hybridized carbons (Fsp3) is 0.538. The van der Waals surface area contributed by atoms with Crippen LogP contribution >= 0.6 is 0 Å². The minimum Gasteiger partial charge on any atom is -0.356 e. The average Bonchev–Trinajstić information content (AvgIpc) is 2.79. The van der Waals surface area contributed by atoms with Crippen LogP contribution in [0.3, 0.4) is 0 Å². The molecule has 20 heavy (non-hydrogen) atoms. The Balaban J connectivity index is 1.72. The summed E-state index contributed by atoms with van der Waals surface area (Å²) >= 11 is 0. The van der Waals surface area contributed by atoms with E-state index >= 15 is 0 Å². The molecule has 1 aliphatic carbocycles. The maximum atomic E-state index is 11.3. The highest BCUT2D eigenvalue weighted by Gasteiger charge is 2.35. The summed E-state index contributed by atoms with van der Waals surface area (Å²) in [5.41, 5.74) is 0.828. The van der Waals surface area contributed by atoms with Gasteiger partial charge in [-0.05, 0) is 24.8 Å². The Labute approximate surface area is 118 Å². The van der Waals surface area contributed by atoms with E-state index in [1.54, 1.807) is 6.33 Å². The lowest BCUT2D eigenvalue weighted by atomic mass is 9.81. The van der Waals surface area contributed by atoms with Crippen molar-refractivity contribution in [3.63, 3.8) is 0 Å². The predicted octanol–water partition coefficient (Wildman–Crippen LogP) is 1.22. The van der Waals surface area contributed by atoms with Crippen LogP contribution in [0.25, 0.3) is 11.0 Å². The quantitative estimate of drug-likeness (QED) is 0.917. The SMILES string of the molecule is CN(c1ncnc2[nH]ccc12)C1CC(CS(C)(=O)=O)C1. The lowest BCUT2D eigenvalue weighted by molar-refractivity contribution is 0.282. The van der Waals surface area contributed by atoms with Crippen LogP contribution in [-0.4, -0.2) is 48.5 Å². The van der Waals surface area contributed by atoms with Gasteiger partial charge in [0, 0.05) is 25.5 Å². The Morgan fingerprint density at radius 2 is 2.15 bits per heavy atom. The van der Waals surface area contributed by atoms with Crippen LogP contribution in [-0.2, 0) is 9.84 Å². The number of H-pyrrole nitrogens is 1. The number of rotatable bonds is 4. The minimum absolute atomic E-state index is 0.279. The van der Waals surface area contributed by atoms with Gasteiger partial charge in [-0.1, -0.05) is 0 Å². The highest BCUT2D eigenvalue weighted by atomic mass is 32.2. The fourth-order valence-electron chi connectivity index (χ4n) is 2.89. The molecule has 0 atom stereocenters. The Hall–Kier alpha value is -1.63. The molecule has 2 heterocycles. The van der Waals surface area contributed by atoms with E-state index in [1.807, 2.05) is 19.3 Å². The molecular formula is C13H18N4O2S. The minimum atomic E-state index is -2.87. The van der Waals surface area contributed by atoms with Crippen molar-refractivity contribution in [2.45, 2.75) is 18.9 Å². The molecule has 108 valence electrons. The van der Waals surface area contributed by atoms with E-state index in [4.69, 9.17) is 0 Å². The molecule has 1 N–H and O–H groups in total. The standard InChI is InChI=1S/C13H18N4O2S/c1-17(10-5-9(6-10)7-20(2,18)19)13-11-3-4-14-12(11)15-8-16-13/h3-4,8-10H,5-7H2,1-2H3,(H,14,15,16). The van der Waals surface area contributed by atoms with Crippen molar-refractivity contribution in [3.05, 3.63) is 18.6 Å². The van der Waals surface area contributed by atoms with Gasteiger partial charge in [-0.3, -0.25) is 0 Å². The van der Waals surface area contributed by atoms with Crippen molar-refractivity contribution < 1.29 is 8.42 Å². The summed E-state index contributed by atoms with van der Waals surface area (Å²) in [5.74, 6) is 1.47. The third-order valence-electron chi connectivity index (χ3n) is 3.96. The Bertz CT molecular complexity index is 719. The van der Waals surface area contributed by atoms with Crippen LogP contribution in [0, 0.1) is 5.92 Å². The lowest BCUT2D eigenvalue weighted by Gasteiger charge is -2.41. The number of hydrogen-bond acceptors (Lipinski definition) is 5. The molecule has 1 fully saturated rings. The zero-order chi connectivity index (χ0) is 14.3. The van der Waals surface area contributed by atoms with Crippen molar-refractivity contribution in [3.8, 4) is 0 Å². The zero-order valence-electron chi connectivity index (χ0n) is 11.6. The van der Waals surface area contributed by atoms with E-state index in [0.717, 1.165) is 29.7 Å². The smallest absolute Gasteiger partial charge is 0.147 e. The van der Waals surface area contributed by atoms with Gasteiger partial charge in [0.05, 0.1) is 11.1 Å². The fourth-order valence-corrected chi connectivity index (χ4v) is 4.02. The molecule has 6 nitrogen and oxygen atoms in total. The molecule has 0 spiro atoms. The first-order chi connectivity index (χ1) is 9.44. The van der Waals surface area contributed by atoms with Gasteiger partial charge in [0.25, 0.3) is 0 Å². The summed E-state index contributed by atoms with van der Waals surface area (Å²) in [6, 6.07) is 2.32. The molecule has 0 bridgehead atoms. The van der Waals surface area contributed by atoms with Crippen LogP contribution in [0.4, 0.5) is 5.82 Å². The summed E-state index contributed by atoms with van der Waals surface area (Å²) in [4.78, 5) is 13.7. The highest BCUT2D eigenvalue weighted by molar-refractivity contribution is 7.90. The first kappa shape index (κ1) is 13.4. The van der Waals surface area contributed by atoms with E-state index < -0.39 is 9.84 Å². The molecule has 0 amide bonds. The Morgan fingerprint density at radius 3 is 2.85 bits per heavy atom. The van der Waals surface area contributed by atoms with Crippen LogP contribution in [0.15, 0.2) is 18.6 Å². The third-order valence-corrected chi connectivity index (χ3v) is 5.04. The molecule has 7 heteroatoms. The van der Waals surface area contributed by atoms with E-state index in [-0.39, 0.29) is 5.92 Å². The summed E-state index contributed by atoms with van der Waals surface area (Å²) in [7, 11) is -0.863. The van der Waals surface area contributed by atoms with Crippen molar-refractivity contribution in [2.24, 2.45) is 5.92 Å². The van der Waals surface area contributed by atoms with Gasteiger partial charge < -0.3 is 9.88 Å². The molecule has 0 unspecified atom stereocenters. The van der Waals surface area contributed by atoms with E-state index in [0.29, 0.717) is 11.8 Å². The van der Waals surface area contributed by atoms with Crippen LogP contribution in [0.5, 0.6) is 0 Å². The third kappa shape index (κ3) is 2.49. The normalized spacial score (nSPS) is 22.7. The predicted molar refractivity (Wildman–Crippen MR) is 78.5 cm³/mol. The number of hydrogen-bond donors (Lipinski definition) is 1. The van der Waals surface area contributed by atoms with Crippen molar-refractivity contribution in [1.29, 1.82) is 0 Å². The second kappa shape index (κ2) is 4.73. The van der Waals surface area contributed by atoms with E-state index in [9.17, 15) is 8.42 Å². The Kier molecular flexibility index (Phi) is 3.16. The summed E-state index contributed by atoms with van der Waals surface area (Å²) < 4.78 is 22.6. The van der Waals surface area contributed by atoms with Gasteiger partial charge in [0.2, 0.25) is 0 Å². The van der Waals surface area contributed by atoms with Gasteiger partial charge in [0.1, 0.15) is 27.6 Å². The lowest BCUT2D eigenvalue weighted by Crippen LogP contribution is -2.45. The monoisotopic (exact) mass is 294 g/mol. The van der Waals surface area contributed by atoms with Crippen molar-refractivity contribution >= 4 is 26.7 Å². The van der Waals surface area contributed by atoms with Gasteiger partial charge in [-0.25, -0.2) is 18.4 Å². The number of aromatic nitrogens is 3. The second-order valence-electron chi connectivity index (χ2n) is 5.63. The maximum absolute atomic E-state index is 11.3. The van der Waals surface area contributed by atoms with E-state index in [2.05, 4.69) is 19.9 Å². The van der Waals surface area contributed by atoms with Crippen molar-refractivity contribution in [2.75, 3.05) is 24.0 Å². The summed E-state index contributed by atoms with van der Waals surface area (Å²) in [6.07, 6.45) is 6.51. The first-order valence-corrected chi connectivity index (χ1v) is 8.69. The molecule has 2 aromatic rings. The number of aromatic amines is 1. The average molecular weight is 294 g/mol. The van der Waals surface area contributed by atoms with Gasteiger partial charge in [0.15, 0.2) is 0 Å². The van der Waals surface area contributed by atoms with Gasteiger partial charge in [-0.2, -0.15) is 0 Å². The zero-order valence-corrected chi connectivity index (χ0v) is 12.4. The first-order valence-electron chi connectivity index (χ1n) is 6.62. The molecule has 2 aromatic heterocycles. The molecular weight excluding hydrogens is 276 g/mol. The Morgan fingerprint density at radius 1 is 1.40 bits per heavy atom. The van der Waals surface area contributed by atoms with Gasteiger partial charge in [-0.15, -0.1) is 0 Å². The molecule has 3 rings (SSSR count). The summed E-state index contributed by atoms with van der Waals surface area (Å²) in [5, 5.41) is 1.00. The van der Waals surface area contributed by atoms with Crippen LogP contribution in [0.1, 0.15) is 12.8 Å². The molecule has 1 saturated carbocycles. The van der Waals surface area contributed by atoms with Crippen LogP contribution < -0.4 is 4.90 Å². The molecule has 0 aromatic carbocycles. The number of anilines is 1. The second-order valence-corrected chi connectivity index (χ2v) is 7.82. The maximum Gasteiger partial charge on any atom is 0.147 e. The number of nitrogens with one attached hydrogen (secondary N) is 1. The number of sulfone groups is 1. The largest absolute Gasteiger partial charge is 0.356 e. The topological polar surface area (TPSA) is 79.0 Å². The molecule has 0 saturated heterocycles. The molecule has 0 aliphatic heterocycles. The van der Waals surface area contributed by atoms with Crippen molar-refractivity contribution in [1.82, 2.24) is 15.0 Å². The molecule has 1 aliphatic rings. The summed E-state index contributed by atoms with van der Waals surface area (Å²) in [6.45, 7) is 0. The van der Waals surface area contributed by atoms with Crippen LogP contribution in [0.2, 0.25) is 0 Å².